The van der Waals surface area contributed by atoms with Crippen LogP contribution in [0.15, 0.2) is 15.0 Å². The smallest absolute Gasteiger partial charge is 0.339 e. The van der Waals surface area contributed by atoms with Crippen LogP contribution in [0.5, 0.6) is 0 Å². The normalized spacial score (nSPS) is 17.9. The SMILES string of the molecule is CCc1oc(C(=O)N2CCCC(c3nc(C)no3)C2)cc1C(=O)O. The number of carboxylic acid groups (broad SMARTS) is 1. The summed E-state index contributed by atoms with van der Waals surface area (Å²) >= 11 is 0. The number of furan rings is 1. The molecule has 24 heavy (non-hydrogen) atoms. The Morgan fingerprint density at radius 2 is 2.25 bits per heavy atom. The van der Waals surface area contributed by atoms with Crippen LogP contribution in [0.3, 0.4) is 0 Å². The number of aryl methyl sites for hydroxylation is 2. The van der Waals surface area contributed by atoms with Gasteiger partial charge in [0.15, 0.2) is 11.6 Å². The molecule has 128 valence electrons. The predicted molar refractivity (Wildman–Crippen MR) is 82.0 cm³/mol. The van der Waals surface area contributed by atoms with E-state index in [0.717, 1.165) is 12.8 Å². The van der Waals surface area contributed by atoms with Gasteiger partial charge in [0, 0.05) is 25.6 Å². The molecule has 1 fully saturated rings. The van der Waals surface area contributed by atoms with E-state index in [-0.39, 0.29) is 23.1 Å². The molecule has 0 aromatic carbocycles. The summed E-state index contributed by atoms with van der Waals surface area (Å²) in [6.07, 6.45) is 2.09. The summed E-state index contributed by atoms with van der Waals surface area (Å²) in [5.41, 5.74) is 0.0435. The van der Waals surface area contributed by atoms with E-state index in [9.17, 15) is 14.7 Å². The maximum atomic E-state index is 12.7. The van der Waals surface area contributed by atoms with Gasteiger partial charge in [0.25, 0.3) is 5.91 Å². The van der Waals surface area contributed by atoms with E-state index in [2.05, 4.69) is 10.1 Å². The number of carbonyl (C=O) groups is 2. The molecule has 0 saturated carbocycles. The number of aromatic nitrogens is 2. The fraction of sp³-hybridized carbons (Fsp3) is 0.500. The van der Waals surface area contributed by atoms with Crippen LogP contribution < -0.4 is 0 Å². The summed E-state index contributed by atoms with van der Waals surface area (Å²) in [5.74, 6) is 0.0655. The number of piperidine rings is 1. The molecule has 1 aliphatic rings. The molecule has 1 N–H and O–H groups in total. The van der Waals surface area contributed by atoms with Crippen molar-refractivity contribution in [1.29, 1.82) is 0 Å². The average molecular weight is 333 g/mol. The van der Waals surface area contributed by atoms with Crippen LogP contribution in [0, 0.1) is 6.92 Å². The van der Waals surface area contributed by atoms with Crippen molar-refractivity contribution in [2.45, 2.75) is 39.0 Å². The summed E-state index contributed by atoms with van der Waals surface area (Å²) in [6, 6.07) is 1.31. The third-order valence-electron chi connectivity index (χ3n) is 4.17. The Balaban J connectivity index is 1.78. The third-order valence-corrected chi connectivity index (χ3v) is 4.17. The van der Waals surface area contributed by atoms with Crippen LogP contribution in [-0.2, 0) is 6.42 Å². The van der Waals surface area contributed by atoms with Crippen LogP contribution in [0.1, 0.15) is 64.1 Å². The first kappa shape index (κ1) is 16.2. The second-order valence-electron chi connectivity index (χ2n) is 5.88. The Kier molecular flexibility index (Phi) is 4.37. The van der Waals surface area contributed by atoms with Crippen LogP contribution in [0.25, 0.3) is 0 Å². The van der Waals surface area contributed by atoms with Gasteiger partial charge in [0.2, 0.25) is 5.89 Å². The Bertz CT molecular complexity index is 764. The maximum Gasteiger partial charge on any atom is 0.339 e. The second-order valence-corrected chi connectivity index (χ2v) is 5.88. The summed E-state index contributed by atoms with van der Waals surface area (Å²) < 4.78 is 10.7. The largest absolute Gasteiger partial charge is 0.478 e. The second kappa shape index (κ2) is 6.46. The monoisotopic (exact) mass is 333 g/mol. The minimum Gasteiger partial charge on any atom is -0.478 e. The van der Waals surface area contributed by atoms with E-state index in [1.54, 1.807) is 18.7 Å². The number of hydrogen-bond acceptors (Lipinski definition) is 6. The highest BCUT2D eigenvalue weighted by atomic mass is 16.5. The Morgan fingerprint density at radius 3 is 2.83 bits per heavy atom. The molecule has 0 spiro atoms. The van der Waals surface area contributed by atoms with Crippen LogP contribution in [0.2, 0.25) is 0 Å². The van der Waals surface area contributed by atoms with Crippen molar-refractivity contribution < 1.29 is 23.6 Å². The first-order valence-electron chi connectivity index (χ1n) is 7.95. The number of rotatable bonds is 4. The van der Waals surface area contributed by atoms with Crippen molar-refractivity contribution in [2.24, 2.45) is 0 Å². The molecule has 1 amide bonds. The van der Waals surface area contributed by atoms with Crippen molar-refractivity contribution in [1.82, 2.24) is 15.0 Å². The number of carbonyl (C=O) groups excluding carboxylic acids is 1. The highest BCUT2D eigenvalue weighted by molar-refractivity contribution is 5.96. The van der Waals surface area contributed by atoms with Gasteiger partial charge in [0.05, 0.1) is 5.92 Å². The summed E-state index contributed by atoms with van der Waals surface area (Å²) in [6.45, 7) is 4.58. The minimum atomic E-state index is -1.09. The molecule has 8 heteroatoms. The Labute approximate surface area is 138 Å². The molecule has 0 bridgehead atoms. The van der Waals surface area contributed by atoms with Gasteiger partial charge in [-0.1, -0.05) is 12.1 Å². The Morgan fingerprint density at radius 1 is 1.46 bits per heavy atom. The van der Waals surface area contributed by atoms with Crippen LogP contribution in [-0.4, -0.2) is 45.1 Å². The fourth-order valence-corrected chi connectivity index (χ4v) is 2.98. The predicted octanol–water partition coefficient (Wildman–Crippen LogP) is 2.25. The zero-order valence-electron chi connectivity index (χ0n) is 13.6. The van der Waals surface area contributed by atoms with Gasteiger partial charge in [0.1, 0.15) is 11.3 Å². The van der Waals surface area contributed by atoms with Crippen molar-refractivity contribution in [3.05, 3.63) is 34.9 Å². The van der Waals surface area contributed by atoms with E-state index in [4.69, 9.17) is 8.94 Å². The molecule has 2 aromatic heterocycles. The number of likely N-dealkylation sites (tertiary alicyclic amines) is 1. The van der Waals surface area contributed by atoms with Crippen molar-refractivity contribution >= 4 is 11.9 Å². The third kappa shape index (κ3) is 3.04. The van der Waals surface area contributed by atoms with Crippen LogP contribution >= 0.6 is 0 Å². The average Bonchev–Trinajstić information content (AvgIpc) is 3.20. The molecule has 0 radical (unpaired) electrons. The molecule has 1 saturated heterocycles. The van der Waals surface area contributed by atoms with E-state index < -0.39 is 5.97 Å². The van der Waals surface area contributed by atoms with E-state index >= 15 is 0 Å². The molecular weight excluding hydrogens is 314 g/mol. The van der Waals surface area contributed by atoms with Gasteiger partial charge in [-0.15, -0.1) is 0 Å². The molecule has 3 rings (SSSR count). The first-order chi connectivity index (χ1) is 11.5. The summed E-state index contributed by atoms with van der Waals surface area (Å²) in [5, 5.41) is 13.0. The van der Waals surface area contributed by atoms with Gasteiger partial charge in [-0.2, -0.15) is 4.98 Å². The van der Waals surface area contributed by atoms with E-state index in [0.29, 0.717) is 37.0 Å². The highest BCUT2D eigenvalue weighted by Crippen LogP contribution is 2.27. The number of amides is 1. The molecular formula is C16H19N3O5. The molecule has 2 aromatic rings. The highest BCUT2D eigenvalue weighted by Gasteiger charge is 2.31. The topological polar surface area (TPSA) is 110 Å². The molecule has 1 aliphatic heterocycles. The molecule has 3 heterocycles. The van der Waals surface area contributed by atoms with Gasteiger partial charge < -0.3 is 18.9 Å². The van der Waals surface area contributed by atoms with E-state index in [1.165, 1.54) is 6.07 Å². The van der Waals surface area contributed by atoms with Crippen molar-refractivity contribution in [2.75, 3.05) is 13.1 Å². The lowest BCUT2D eigenvalue weighted by Gasteiger charge is -2.30. The first-order valence-corrected chi connectivity index (χ1v) is 7.95. The lowest BCUT2D eigenvalue weighted by atomic mass is 9.97. The van der Waals surface area contributed by atoms with E-state index in [1.807, 2.05) is 0 Å². The van der Waals surface area contributed by atoms with Gasteiger partial charge in [-0.05, 0) is 19.8 Å². The molecule has 8 nitrogen and oxygen atoms in total. The maximum absolute atomic E-state index is 12.7. The quantitative estimate of drug-likeness (QED) is 0.913. The zero-order chi connectivity index (χ0) is 17.3. The van der Waals surface area contributed by atoms with Gasteiger partial charge in [-0.25, -0.2) is 4.79 Å². The standard InChI is InChI=1S/C16H19N3O5/c1-3-12-11(16(21)22)7-13(23-12)15(20)19-6-4-5-10(8-19)14-17-9(2)18-24-14/h7,10H,3-6,8H2,1-2H3,(H,21,22). The molecule has 1 unspecified atom stereocenters. The van der Waals surface area contributed by atoms with Crippen LogP contribution in [0.4, 0.5) is 0 Å². The number of carboxylic acids is 1. The van der Waals surface area contributed by atoms with Crippen molar-refractivity contribution in [3.8, 4) is 0 Å². The summed E-state index contributed by atoms with van der Waals surface area (Å²) in [7, 11) is 0. The molecule has 0 aliphatic carbocycles. The minimum absolute atomic E-state index is 0.0107. The fourth-order valence-electron chi connectivity index (χ4n) is 2.98. The van der Waals surface area contributed by atoms with Gasteiger partial charge in [-0.3, -0.25) is 4.79 Å². The lowest BCUT2D eigenvalue weighted by molar-refractivity contribution is 0.0659. The number of aromatic carboxylic acids is 1. The number of hydrogen-bond donors (Lipinski definition) is 1. The zero-order valence-corrected chi connectivity index (χ0v) is 13.6. The molecule has 1 atom stereocenters. The lowest BCUT2D eigenvalue weighted by Crippen LogP contribution is -2.39. The number of nitrogens with zero attached hydrogens (tertiary/aromatic N) is 3. The Hall–Kier alpha value is -2.64. The summed E-state index contributed by atoms with van der Waals surface area (Å²) in [4.78, 5) is 29.8. The van der Waals surface area contributed by atoms with Crippen molar-refractivity contribution in [3.63, 3.8) is 0 Å². The van der Waals surface area contributed by atoms with Gasteiger partial charge >= 0.3 is 5.97 Å².